The van der Waals surface area contributed by atoms with E-state index in [4.69, 9.17) is 28.5 Å². The third-order valence-corrected chi connectivity index (χ3v) is 7.60. The Morgan fingerprint density at radius 1 is 0.762 bits per heavy atom. The summed E-state index contributed by atoms with van der Waals surface area (Å²) in [4.78, 5) is 7.47. The maximum absolute atomic E-state index is 11.1. The van der Waals surface area contributed by atoms with Gasteiger partial charge in [0.15, 0.2) is 0 Å². The van der Waals surface area contributed by atoms with Crippen molar-refractivity contribution in [1.82, 2.24) is 4.98 Å². The van der Waals surface area contributed by atoms with Crippen LogP contribution in [0.4, 0.5) is 0 Å². The van der Waals surface area contributed by atoms with Gasteiger partial charge in [-0.05, 0) is 60.0 Å². The molecule has 5 rings (SSSR count). The fourth-order valence-electron chi connectivity index (χ4n) is 3.79. The molecule has 0 bridgehead atoms. The van der Waals surface area contributed by atoms with Crippen molar-refractivity contribution >= 4 is 56.2 Å². The molecular formula is C29H26Cl2N2O6S2Zn. The monoisotopic (exact) mass is 696 g/mol. The first-order valence-corrected chi connectivity index (χ1v) is 23.0. The Balaban J connectivity index is 0.000000211. The number of hydrogen-bond acceptors (Lipinski definition) is 5. The van der Waals surface area contributed by atoms with E-state index in [0.717, 1.165) is 39.0 Å². The topological polar surface area (TPSA) is 137 Å². The van der Waals surface area contributed by atoms with Crippen molar-refractivity contribution in [2.24, 2.45) is 4.99 Å². The number of benzene rings is 4. The van der Waals surface area contributed by atoms with Crippen LogP contribution in [0.25, 0.3) is 22.2 Å². The molecule has 42 heavy (non-hydrogen) atoms. The molecule has 3 N–H and O–H groups in total. The molecule has 0 aliphatic rings. The van der Waals surface area contributed by atoms with Crippen LogP contribution in [0.5, 0.6) is 0 Å². The molecule has 0 fully saturated rings. The average molecular weight is 699 g/mol. The zero-order valence-electron chi connectivity index (χ0n) is 22.4. The van der Waals surface area contributed by atoms with Crippen molar-refractivity contribution in [2.75, 3.05) is 0 Å². The zero-order chi connectivity index (χ0) is 30.8. The normalized spacial score (nSPS) is 11.5. The van der Waals surface area contributed by atoms with E-state index in [0.29, 0.717) is 6.54 Å². The van der Waals surface area contributed by atoms with Gasteiger partial charge in [0.2, 0.25) is 0 Å². The Kier molecular flexibility index (Phi) is 12.4. The molecule has 0 radical (unpaired) electrons. The summed E-state index contributed by atoms with van der Waals surface area (Å²) in [7, 11) is 1.61. The van der Waals surface area contributed by atoms with Crippen LogP contribution in [-0.2, 0) is 41.9 Å². The first-order chi connectivity index (χ1) is 19.9. The zero-order valence-corrected chi connectivity index (χ0v) is 28.5. The Morgan fingerprint density at radius 3 is 1.83 bits per heavy atom. The van der Waals surface area contributed by atoms with Crippen LogP contribution in [0, 0.1) is 0 Å². The van der Waals surface area contributed by atoms with E-state index in [-0.39, 0.29) is 9.79 Å². The number of aliphatic imine (C=N–C) groups is 1. The maximum atomic E-state index is 11.1. The predicted octanol–water partition coefficient (Wildman–Crippen LogP) is 7.40. The van der Waals surface area contributed by atoms with Crippen LogP contribution < -0.4 is 0 Å². The van der Waals surface area contributed by atoms with Crippen molar-refractivity contribution in [2.45, 2.75) is 23.3 Å². The van der Waals surface area contributed by atoms with E-state index in [9.17, 15) is 16.8 Å². The molecule has 0 atom stereocenters. The fraction of sp³-hybridized carbons (Fsp3) is 0.0690. The SMILES string of the molecule is CC(=NCc1ccc(S(=O)(=O)O)cc1)c1ccccc1.O=S(=O)(O)c1ccc2[nH]c(-c3ccccc3)cc2c1.[Cl][Zn][Cl]. The van der Waals surface area contributed by atoms with E-state index >= 15 is 0 Å². The number of aromatic amines is 1. The summed E-state index contributed by atoms with van der Waals surface area (Å²) in [6, 6.07) is 31.9. The molecule has 0 amide bonds. The van der Waals surface area contributed by atoms with Crippen molar-refractivity contribution in [3.8, 4) is 11.3 Å². The van der Waals surface area contributed by atoms with Gasteiger partial charge in [0, 0.05) is 22.3 Å². The van der Waals surface area contributed by atoms with Crippen LogP contribution in [0.3, 0.4) is 0 Å². The Morgan fingerprint density at radius 2 is 1.29 bits per heavy atom. The van der Waals surface area contributed by atoms with E-state index < -0.39 is 35.4 Å². The number of nitrogens with zero attached hydrogens (tertiary/aromatic N) is 1. The minimum absolute atomic E-state index is 0.0985. The molecule has 1 aromatic heterocycles. The summed E-state index contributed by atoms with van der Waals surface area (Å²) >= 11 is -0.931. The molecule has 0 unspecified atom stereocenters. The van der Waals surface area contributed by atoms with Crippen LogP contribution >= 0.6 is 19.4 Å². The molecule has 0 spiro atoms. The minimum atomic E-state index is -4.16. The van der Waals surface area contributed by atoms with Crippen molar-refractivity contribution in [1.29, 1.82) is 0 Å². The van der Waals surface area contributed by atoms with E-state index in [2.05, 4.69) is 9.98 Å². The van der Waals surface area contributed by atoms with Gasteiger partial charge in [-0.25, -0.2) is 0 Å². The first-order valence-electron chi connectivity index (χ1n) is 12.3. The van der Waals surface area contributed by atoms with Gasteiger partial charge in [-0.15, -0.1) is 0 Å². The summed E-state index contributed by atoms with van der Waals surface area (Å²) < 4.78 is 62.0. The number of H-pyrrole nitrogens is 1. The van der Waals surface area contributed by atoms with Gasteiger partial charge in [0.25, 0.3) is 20.2 Å². The second-order valence-electron chi connectivity index (χ2n) is 8.76. The molecule has 13 heteroatoms. The average Bonchev–Trinajstić information content (AvgIpc) is 3.41. The number of rotatable bonds is 6. The van der Waals surface area contributed by atoms with Crippen molar-refractivity contribution < 1.29 is 41.1 Å². The van der Waals surface area contributed by atoms with Crippen LogP contribution in [0.15, 0.2) is 124 Å². The number of nitrogens with one attached hydrogen (secondary N) is 1. The summed E-state index contributed by atoms with van der Waals surface area (Å²) in [5.41, 5.74) is 5.61. The van der Waals surface area contributed by atoms with Gasteiger partial charge >= 0.3 is 34.5 Å². The van der Waals surface area contributed by atoms with Crippen LogP contribution in [0.2, 0.25) is 0 Å². The van der Waals surface area contributed by atoms with Crippen molar-refractivity contribution in [3.05, 3.63) is 120 Å². The molecule has 1 heterocycles. The number of fused-ring (bicyclic) bond motifs is 1. The summed E-state index contributed by atoms with van der Waals surface area (Å²) in [6.45, 7) is 2.40. The Bertz CT molecular complexity index is 1850. The molecule has 8 nitrogen and oxygen atoms in total. The Labute approximate surface area is 260 Å². The van der Waals surface area contributed by atoms with E-state index in [1.807, 2.05) is 73.7 Å². The molecule has 5 aromatic rings. The molecule has 216 valence electrons. The van der Waals surface area contributed by atoms with Gasteiger partial charge in [-0.2, -0.15) is 16.8 Å². The Hall–Kier alpha value is -2.89. The standard InChI is InChI=1S/C15H15NO3S.C14H11NO3S.2ClH.Zn/c1-12(14-5-3-2-4-6-14)16-11-13-7-9-15(10-8-13)20(17,18)19;16-19(17,18)12-6-7-13-11(8-12)9-14(15-13)10-4-2-1-3-5-10;;;/h2-10H,11H2,1H3,(H,17,18,19);1-9,15H,(H,16,17,18);2*1H;/q;;;;+2/p-2. The molecule has 0 aliphatic heterocycles. The number of aromatic nitrogens is 1. The fourth-order valence-corrected chi connectivity index (χ4v) is 4.79. The van der Waals surface area contributed by atoms with E-state index in [1.165, 1.54) is 24.3 Å². The van der Waals surface area contributed by atoms with Gasteiger partial charge in [-0.1, -0.05) is 72.8 Å². The predicted molar refractivity (Wildman–Crippen MR) is 164 cm³/mol. The molecule has 4 aromatic carbocycles. The van der Waals surface area contributed by atoms with Crippen LogP contribution in [0.1, 0.15) is 18.1 Å². The first kappa shape index (κ1) is 33.6. The van der Waals surface area contributed by atoms with Gasteiger partial charge < -0.3 is 4.98 Å². The number of halogens is 2. The number of hydrogen-bond donors (Lipinski definition) is 3. The van der Waals surface area contributed by atoms with Crippen LogP contribution in [-0.4, -0.2) is 36.6 Å². The van der Waals surface area contributed by atoms with Crippen molar-refractivity contribution in [3.63, 3.8) is 0 Å². The third kappa shape index (κ3) is 10.1. The summed E-state index contributed by atoms with van der Waals surface area (Å²) in [5.74, 6) is 0. The second-order valence-corrected chi connectivity index (χ2v) is 16.2. The third-order valence-electron chi connectivity index (χ3n) is 5.89. The molecular weight excluding hydrogens is 673 g/mol. The quantitative estimate of drug-likeness (QED) is 0.0961. The second kappa shape index (κ2) is 15.5. The summed E-state index contributed by atoms with van der Waals surface area (Å²) in [6.07, 6.45) is 0. The summed E-state index contributed by atoms with van der Waals surface area (Å²) in [5, 5.41) is 0.744. The van der Waals surface area contributed by atoms with Gasteiger partial charge in [0.1, 0.15) is 0 Å². The molecule has 0 saturated carbocycles. The molecule has 0 aliphatic carbocycles. The molecule has 0 saturated heterocycles. The van der Waals surface area contributed by atoms with Gasteiger partial charge in [-0.3, -0.25) is 14.1 Å². The van der Waals surface area contributed by atoms with Gasteiger partial charge in [0.05, 0.1) is 16.3 Å². The van der Waals surface area contributed by atoms with E-state index in [1.54, 1.807) is 18.2 Å².